The van der Waals surface area contributed by atoms with Gasteiger partial charge in [-0.1, -0.05) is 25.5 Å². The van der Waals surface area contributed by atoms with E-state index >= 15 is 0 Å². The molecule has 1 aromatic heterocycles. The summed E-state index contributed by atoms with van der Waals surface area (Å²) < 4.78 is 18.4. The van der Waals surface area contributed by atoms with Crippen molar-refractivity contribution in [1.29, 1.82) is 0 Å². The predicted molar refractivity (Wildman–Crippen MR) is 103 cm³/mol. The highest BCUT2D eigenvalue weighted by Crippen LogP contribution is 2.31. The van der Waals surface area contributed by atoms with Gasteiger partial charge in [0.25, 0.3) is 0 Å². The van der Waals surface area contributed by atoms with Crippen LogP contribution in [0.4, 0.5) is 10.2 Å². The number of nitrogens with zero attached hydrogens (tertiary/aromatic N) is 2. The SMILES string of the molecule is CCC[C@@H](Nc1cncc(-c2ccc(O)c(OC)c2)n1)c1ccc(F)cc1. The number of phenolic OH excluding ortho intramolecular Hbond substituents is 1. The molecule has 0 bridgehead atoms. The molecule has 2 N–H and O–H groups in total. The van der Waals surface area contributed by atoms with E-state index in [0.29, 0.717) is 17.3 Å². The number of benzene rings is 2. The van der Waals surface area contributed by atoms with Crippen molar-refractivity contribution in [2.75, 3.05) is 12.4 Å². The zero-order valence-corrected chi connectivity index (χ0v) is 15.3. The number of nitrogens with one attached hydrogen (secondary N) is 1. The summed E-state index contributed by atoms with van der Waals surface area (Å²) in [5, 5.41) is 13.1. The van der Waals surface area contributed by atoms with Gasteiger partial charge in [0.1, 0.15) is 11.6 Å². The van der Waals surface area contributed by atoms with Gasteiger partial charge in [-0.25, -0.2) is 9.37 Å². The second kappa shape index (κ2) is 8.49. The maximum absolute atomic E-state index is 13.2. The van der Waals surface area contributed by atoms with E-state index in [-0.39, 0.29) is 17.6 Å². The van der Waals surface area contributed by atoms with E-state index in [1.165, 1.54) is 19.2 Å². The third kappa shape index (κ3) is 4.53. The monoisotopic (exact) mass is 367 g/mol. The number of aromatic nitrogens is 2. The van der Waals surface area contributed by atoms with Crippen LogP contribution in [0.3, 0.4) is 0 Å². The zero-order chi connectivity index (χ0) is 19.2. The lowest BCUT2D eigenvalue weighted by atomic mass is 10.0. The molecule has 0 aliphatic rings. The van der Waals surface area contributed by atoms with E-state index in [2.05, 4.69) is 22.2 Å². The van der Waals surface area contributed by atoms with Gasteiger partial charge in [0.05, 0.1) is 31.2 Å². The van der Waals surface area contributed by atoms with Crippen LogP contribution in [0.1, 0.15) is 31.4 Å². The van der Waals surface area contributed by atoms with Crippen LogP contribution < -0.4 is 10.1 Å². The number of ether oxygens (including phenoxy) is 1. The van der Waals surface area contributed by atoms with E-state index in [9.17, 15) is 9.50 Å². The number of phenols is 1. The first kappa shape index (κ1) is 18.6. The van der Waals surface area contributed by atoms with Gasteiger partial charge in [0, 0.05) is 5.56 Å². The Labute approximate surface area is 157 Å². The average molecular weight is 367 g/mol. The Hall–Kier alpha value is -3.15. The van der Waals surface area contributed by atoms with E-state index < -0.39 is 0 Å². The summed E-state index contributed by atoms with van der Waals surface area (Å²) >= 11 is 0. The summed E-state index contributed by atoms with van der Waals surface area (Å²) in [6, 6.07) is 11.5. The van der Waals surface area contributed by atoms with Crippen LogP contribution in [-0.2, 0) is 0 Å². The van der Waals surface area contributed by atoms with E-state index in [1.807, 2.05) is 0 Å². The highest BCUT2D eigenvalue weighted by molar-refractivity contribution is 5.64. The number of anilines is 1. The molecule has 0 aliphatic carbocycles. The number of halogens is 1. The Bertz CT molecular complexity index is 900. The van der Waals surface area contributed by atoms with Gasteiger partial charge < -0.3 is 15.2 Å². The van der Waals surface area contributed by atoms with Crippen LogP contribution in [0.15, 0.2) is 54.9 Å². The summed E-state index contributed by atoms with van der Waals surface area (Å²) in [6.07, 6.45) is 5.17. The van der Waals surface area contributed by atoms with Crippen LogP contribution in [0.5, 0.6) is 11.5 Å². The Morgan fingerprint density at radius 1 is 1.15 bits per heavy atom. The van der Waals surface area contributed by atoms with Crippen LogP contribution in [0.2, 0.25) is 0 Å². The third-order valence-electron chi connectivity index (χ3n) is 4.28. The van der Waals surface area contributed by atoms with Gasteiger partial charge in [-0.05, 0) is 42.3 Å². The largest absolute Gasteiger partial charge is 0.504 e. The molecule has 1 heterocycles. The minimum atomic E-state index is -0.253. The fourth-order valence-corrected chi connectivity index (χ4v) is 2.90. The fourth-order valence-electron chi connectivity index (χ4n) is 2.90. The molecule has 0 unspecified atom stereocenters. The quantitative estimate of drug-likeness (QED) is 0.618. The Morgan fingerprint density at radius 3 is 2.63 bits per heavy atom. The van der Waals surface area contributed by atoms with Gasteiger partial charge >= 0.3 is 0 Å². The van der Waals surface area contributed by atoms with Crippen molar-refractivity contribution in [3.8, 4) is 22.8 Å². The second-order valence-corrected chi connectivity index (χ2v) is 6.21. The van der Waals surface area contributed by atoms with Gasteiger partial charge in [-0.15, -0.1) is 0 Å². The summed E-state index contributed by atoms with van der Waals surface area (Å²) in [6.45, 7) is 2.10. The van der Waals surface area contributed by atoms with Crippen LogP contribution >= 0.6 is 0 Å². The average Bonchev–Trinajstić information content (AvgIpc) is 2.69. The summed E-state index contributed by atoms with van der Waals surface area (Å²) in [4.78, 5) is 8.90. The molecule has 0 aliphatic heterocycles. The topological polar surface area (TPSA) is 67.3 Å². The van der Waals surface area contributed by atoms with Gasteiger partial charge in [0.15, 0.2) is 11.5 Å². The van der Waals surface area contributed by atoms with Crippen LogP contribution in [0.25, 0.3) is 11.3 Å². The highest BCUT2D eigenvalue weighted by Gasteiger charge is 2.13. The van der Waals surface area contributed by atoms with Gasteiger partial charge in [-0.3, -0.25) is 4.98 Å². The van der Waals surface area contributed by atoms with Gasteiger partial charge in [0.2, 0.25) is 0 Å². The standard InChI is InChI=1S/C21H22FN3O2/c1-3-4-17(14-5-8-16(22)9-6-14)24-21-13-23-12-18(25-21)15-7-10-19(26)20(11-15)27-2/h5-13,17,26H,3-4H2,1-2H3,(H,24,25)/t17-/m1/s1. The highest BCUT2D eigenvalue weighted by atomic mass is 19.1. The molecule has 2 aromatic carbocycles. The summed E-state index contributed by atoms with van der Waals surface area (Å²) in [5.41, 5.74) is 2.44. The third-order valence-corrected chi connectivity index (χ3v) is 4.28. The first-order valence-electron chi connectivity index (χ1n) is 8.82. The minimum Gasteiger partial charge on any atom is -0.504 e. The molecule has 0 radical (unpaired) electrons. The Balaban J connectivity index is 1.86. The lowest BCUT2D eigenvalue weighted by Crippen LogP contribution is -2.12. The molecule has 3 aromatic rings. The lowest BCUT2D eigenvalue weighted by Gasteiger charge is -2.19. The normalized spacial score (nSPS) is 11.8. The van der Waals surface area contributed by atoms with Crippen LogP contribution in [0, 0.1) is 5.82 Å². The first-order chi connectivity index (χ1) is 13.1. The number of aromatic hydroxyl groups is 1. The number of hydrogen-bond acceptors (Lipinski definition) is 5. The number of rotatable bonds is 7. The van der Waals surface area contributed by atoms with E-state index in [1.54, 1.807) is 42.7 Å². The zero-order valence-electron chi connectivity index (χ0n) is 15.3. The Morgan fingerprint density at radius 2 is 1.93 bits per heavy atom. The second-order valence-electron chi connectivity index (χ2n) is 6.21. The van der Waals surface area contributed by atoms with E-state index in [4.69, 9.17) is 4.74 Å². The fraction of sp³-hybridized carbons (Fsp3) is 0.238. The molecule has 27 heavy (non-hydrogen) atoms. The predicted octanol–water partition coefficient (Wildman–Crippen LogP) is 4.95. The molecular weight excluding hydrogens is 345 g/mol. The van der Waals surface area contributed by atoms with Crippen LogP contribution in [-0.4, -0.2) is 22.2 Å². The van der Waals surface area contributed by atoms with Crippen molar-refractivity contribution >= 4 is 5.82 Å². The lowest BCUT2D eigenvalue weighted by molar-refractivity contribution is 0.373. The number of hydrogen-bond donors (Lipinski definition) is 2. The van der Waals surface area contributed by atoms with Crippen molar-refractivity contribution in [3.05, 3.63) is 66.2 Å². The summed E-state index contributed by atoms with van der Waals surface area (Å²) in [5.74, 6) is 0.824. The molecule has 6 heteroatoms. The van der Waals surface area contributed by atoms with Crippen molar-refractivity contribution in [2.45, 2.75) is 25.8 Å². The molecule has 5 nitrogen and oxygen atoms in total. The van der Waals surface area contributed by atoms with Crippen molar-refractivity contribution < 1.29 is 14.2 Å². The minimum absolute atomic E-state index is 0.00880. The molecule has 0 amide bonds. The molecule has 0 fully saturated rings. The maximum Gasteiger partial charge on any atom is 0.161 e. The Kier molecular flexibility index (Phi) is 5.86. The summed E-state index contributed by atoms with van der Waals surface area (Å²) in [7, 11) is 1.50. The molecule has 0 saturated heterocycles. The molecule has 1 atom stereocenters. The number of methoxy groups -OCH3 is 1. The van der Waals surface area contributed by atoms with Crippen molar-refractivity contribution in [2.24, 2.45) is 0 Å². The van der Waals surface area contributed by atoms with Gasteiger partial charge in [-0.2, -0.15) is 0 Å². The maximum atomic E-state index is 13.2. The molecular formula is C21H22FN3O2. The first-order valence-corrected chi connectivity index (χ1v) is 8.82. The molecule has 0 saturated carbocycles. The molecule has 0 spiro atoms. The van der Waals surface area contributed by atoms with E-state index in [0.717, 1.165) is 24.0 Å². The van der Waals surface area contributed by atoms with Crippen molar-refractivity contribution in [1.82, 2.24) is 9.97 Å². The molecule has 3 rings (SSSR count). The smallest absolute Gasteiger partial charge is 0.161 e. The molecule has 140 valence electrons. The van der Waals surface area contributed by atoms with Crippen molar-refractivity contribution in [3.63, 3.8) is 0 Å².